The highest BCUT2D eigenvalue weighted by molar-refractivity contribution is 4.98. The summed E-state index contributed by atoms with van der Waals surface area (Å²) in [4.78, 5) is 4.18. The minimum Gasteiger partial charge on any atom is -0.380 e. The molecule has 0 unspecified atom stereocenters. The van der Waals surface area contributed by atoms with E-state index < -0.39 is 0 Å². The first-order chi connectivity index (χ1) is 8.24. The van der Waals surface area contributed by atoms with Gasteiger partial charge in [0.05, 0.1) is 18.6 Å². The maximum absolute atomic E-state index is 5.56. The van der Waals surface area contributed by atoms with Gasteiger partial charge in [0.2, 0.25) is 0 Å². The summed E-state index contributed by atoms with van der Waals surface area (Å²) < 4.78 is 7.71. The van der Waals surface area contributed by atoms with Crippen molar-refractivity contribution >= 4 is 0 Å². The summed E-state index contributed by atoms with van der Waals surface area (Å²) in [5.41, 5.74) is 1.22. The molecule has 0 radical (unpaired) electrons. The lowest BCUT2D eigenvalue weighted by atomic mass is 10.3. The number of aromatic nitrogens is 2. The first kappa shape index (κ1) is 14.2. The Morgan fingerprint density at radius 1 is 1.41 bits per heavy atom. The van der Waals surface area contributed by atoms with Crippen molar-refractivity contribution in [2.75, 3.05) is 13.2 Å². The van der Waals surface area contributed by atoms with Crippen LogP contribution in [0, 0.1) is 0 Å². The van der Waals surface area contributed by atoms with Gasteiger partial charge in [-0.05, 0) is 6.42 Å². The second-order valence-corrected chi connectivity index (χ2v) is 4.58. The largest absolute Gasteiger partial charge is 0.380 e. The van der Waals surface area contributed by atoms with E-state index in [1.807, 2.05) is 12.5 Å². The van der Waals surface area contributed by atoms with Crippen LogP contribution in [0.15, 0.2) is 12.5 Å². The summed E-state index contributed by atoms with van der Waals surface area (Å²) in [7, 11) is 0. The second kappa shape index (κ2) is 8.25. The van der Waals surface area contributed by atoms with Crippen LogP contribution < -0.4 is 5.32 Å². The van der Waals surface area contributed by atoms with Crippen molar-refractivity contribution in [3.63, 3.8) is 0 Å². The average molecular weight is 239 g/mol. The fraction of sp³-hybridized carbons (Fsp3) is 0.769. The number of hydrogen-bond acceptors (Lipinski definition) is 3. The molecule has 0 aromatic carbocycles. The Bertz CT molecular complexity index is 297. The SMILES string of the molecule is CCCCOCCn1cncc1CNC(C)C. The Morgan fingerprint density at radius 2 is 2.24 bits per heavy atom. The third-order valence-electron chi connectivity index (χ3n) is 2.61. The molecule has 0 atom stereocenters. The van der Waals surface area contributed by atoms with Gasteiger partial charge in [0.25, 0.3) is 0 Å². The molecular weight excluding hydrogens is 214 g/mol. The standard InChI is InChI=1S/C13H25N3O/c1-4-5-7-17-8-6-16-11-14-9-13(16)10-15-12(2)3/h9,11-12,15H,4-8,10H2,1-3H3. The Balaban J connectivity index is 2.25. The van der Waals surface area contributed by atoms with E-state index in [0.29, 0.717) is 6.04 Å². The molecule has 1 rings (SSSR count). The van der Waals surface area contributed by atoms with Crippen LogP contribution in [0.1, 0.15) is 39.3 Å². The smallest absolute Gasteiger partial charge is 0.0949 e. The molecule has 0 aliphatic rings. The van der Waals surface area contributed by atoms with E-state index in [0.717, 1.165) is 32.7 Å². The molecule has 1 N–H and O–H groups in total. The van der Waals surface area contributed by atoms with E-state index >= 15 is 0 Å². The third kappa shape index (κ3) is 5.84. The molecular formula is C13H25N3O. The molecule has 0 fully saturated rings. The van der Waals surface area contributed by atoms with E-state index in [1.165, 1.54) is 12.1 Å². The summed E-state index contributed by atoms with van der Waals surface area (Å²) >= 11 is 0. The second-order valence-electron chi connectivity index (χ2n) is 4.58. The molecule has 1 aromatic heterocycles. The van der Waals surface area contributed by atoms with Crippen molar-refractivity contribution in [3.05, 3.63) is 18.2 Å². The zero-order chi connectivity index (χ0) is 12.5. The molecule has 4 heteroatoms. The van der Waals surface area contributed by atoms with Crippen LogP contribution in [-0.4, -0.2) is 28.8 Å². The first-order valence-electron chi connectivity index (χ1n) is 6.54. The number of hydrogen-bond donors (Lipinski definition) is 1. The summed E-state index contributed by atoms with van der Waals surface area (Å²) in [6, 6.07) is 0.499. The van der Waals surface area contributed by atoms with E-state index in [2.05, 4.69) is 35.6 Å². The van der Waals surface area contributed by atoms with Crippen molar-refractivity contribution in [2.45, 2.75) is 52.7 Å². The van der Waals surface area contributed by atoms with Gasteiger partial charge in [-0.15, -0.1) is 0 Å². The molecule has 98 valence electrons. The summed E-state index contributed by atoms with van der Waals surface area (Å²) in [6.45, 7) is 9.86. The molecule has 0 saturated carbocycles. The van der Waals surface area contributed by atoms with Gasteiger partial charge in [-0.3, -0.25) is 0 Å². The molecule has 0 aliphatic heterocycles. The zero-order valence-corrected chi connectivity index (χ0v) is 11.3. The van der Waals surface area contributed by atoms with Crippen LogP contribution in [0.5, 0.6) is 0 Å². The summed E-state index contributed by atoms with van der Waals surface area (Å²) in [6.07, 6.45) is 6.13. The van der Waals surface area contributed by atoms with Crippen LogP contribution >= 0.6 is 0 Å². The van der Waals surface area contributed by atoms with E-state index in [-0.39, 0.29) is 0 Å². The highest BCUT2D eigenvalue weighted by atomic mass is 16.5. The van der Waals surface area contributed by atoms with Gasteiger partial charge in [-0.25, -0.2) is 4.98 Å². The van der Waals surface area contributed by atoms with Gasteiger partial charge >= 0.3 is 0 Å². The third-order valence-corrected chi connectivity index (χ3v) is 2.61. The topological polar surface area (TPSA) is 39.1 Å². The molecule has 0 spiro atoms. The van der Waals surface area contributed by atoms with Gasteiger partial charge in [0.15, 0.2) is 0 Å². The monoisotopic (exact) mass is 239 g/mol. The van der Waals surface area contributed by atoms with Crippen LogP contribution in [0.3, 0.4) is 0 Å². The molecule has 0 saturated heterocycles. The Hall–Kier alpha value is -0.870. The van der Waals surface area contributed by atoms with Gasteiger partial charge in [-0.2, -0.15) is 0 Å². The molecule has 0 bridgehead atoms. The van der Waals surface area contributed by atoms with Gasteiger partial charge < -0.3 is 14.6 Å². The van der Waals surface area contributed by atoms with Crippen LogP contribution in [-0.2, 0) is 17.8 Å². The molecule has 0 amide bonds. The van der Waals surface area contributed by atoms with E-state index in [9.17, 15) is 0 Å². The molecule has 17 heavy (non-hydrogen) atoms. The zero-order valence-electron chi connectivity index (χ0n) is 11.3. The average Bonchev–Trinajstić information content (AvgIpc) is 2.73. The Labute approximate surface area is 104 Å². The summed E-state index contributed by atoms with van der Waals surface area (Å²) in [5, 5.41) is 3.40. The Kier molecular flexibility index (Phi) is 6.89. The van der Waals surface area contributed by atoms with Crippen molar-refractivity contribution in [1.82, 2.24) is 14.9 Å². The number of rotatable bonds is 9. The van der Waals surface area contributed by atoms with Crippen LogP contribution in [0.25, 0.3) is 0 Å². The molecule has 4 nitrogen and oxygen atoms in total. The van der Waals surface area contributed by atoms with Gasteiger partial charge in [0.1, 0.15) is 0 Å². The minimum absolute atomic E-state index is 0.499. The minimum atomic E-state index is 0.499. The maximum atomic E-state index is 5.56. The van der Waals surface area contributed by atoms with Crippen molar-refractivity contribution < 1.29 is 4.74 Å². The first-order valence-corrected chi connectivity index (χ1v) is 6.54. The van der Waals surface area contributed by atoms with Crippen molar-refractivity contribution in [3.8, 4) is 0 Å². The highest BCUT2D eigenvalue weighted by Crippen LogP contribution is 2.00. The lowest BCUT2D eigenvalue weighted by Crippen LogP contribution is -2.23. The van der Waals surface area contributed by atoms with Crippen molar-refractivity contribution in [1.29, 1.82) is 0 Å². The highest BCUT2D eigenvalue weighted by Gasteiger charge is 2.02. The lowest BCUT2D eigenvalue weighted by molar-refractivity contribution is 0.123. The van der Waals surface area contributed by atoms with Gasteiger partial charge in [0, 0.05) is 31.9 Å². The maximum Gasteiger partial charge on any atom is 0.0949 e. The number of nitrogens with zero attached hydrogens (tertiary/aromatic N) is 2. The number of nitrogens with one attached hydrogen (secondary N) is 1. The Morgan fingerprint density at radius 3 is 2.94 bits per heavy atom. The van der Waals surface area contributed by atoms with E-state index in [1.54, 1.807) is 0 Å². The van der Waals surface area contributed by atoms with Crippen LogP contribution in [0.4, 0.5) is 0 Å². The normalized spacial score (nSPS) is 11.3. The molecule has 1 heterocycles. The fourth-order valence-electron chi connectivity index (χ4n) is 1.52. The van der Waals surface area contributed by atoms with Crippen LogP contribution in [0.2, 0.25) is 0 Å². The predicted molar refractivity (Wildman–Crippen MR) is 69.9 cm³/mol. The number of ether oxygens (including phenoxy) is 1. The molecule has 1 aromatic rings. The fourth-order valence-corrected chi connectivity index (χ4v) is 1.52. The van der Waals surface area contributed by atoms with E-state index in [4.69, 9.17) is 4.74 Å². The number of imidazole rings is 1. The lowest BCUT2D eigenvalue weighted by Gasteiger charge is -2.11. The van der Waals surface area contributed by atoms with Gasteiger partial charge in [-0.1, -0.05) is 27.2 Å². The number of unbranched alkanes of at least 4 members (excludes halogenated alkanes) is 1. The van der Waals surface area contributed by atoms with Crippen molar-refractivity contribution in [2.24, 2.45) is 0 Å². The molecule has 0 aliphatic carbocycles. The summed E-state index contributed by atoms with van der Waals surface area (Å²) in [5.74, 6) is 0. The predicted octanol–water partition coefficient (Wildman–Crippen LogP) is 2.20. The quantitative estimate of drug-likeness (QED) is 0.671.